The number of imide groups is 1. The molecule has 15 nitrogen and oxygen atoms in total. The second kappa shape index (κ2) is 12.0. The molecule has 0 saturated carbocycles. The van der Waals surface area contributed by atoms with Crippen molar-refractivity contribution in [2.24, 2.45) is 7.05 Å². The number of nitrogens with zero attached hydrogens (tertiary/aromatic N) is 3. The number of hydrogen-bond acceptors (Lipinski definition) is 9. The lowest BCUT2D eigenvalue weighted by Gasteiger charge is -2.21. The van der Waals surface area contributed by atoms with Crippen LogP contribution in [0.4, 0.5) is 27.1 Å². The molecular weight excluding hydrogens is 673 g/mol. The van der Waals surface area contributed by atoms with Gasteiger partial charge in [0, 0.05) is 35.9 Å². The Kier molecular flexibility index (Phi) is 7.77. The fourth-order valence-corrected chi connectivity index (χ4v) is 7.45. The molecule has 3 heterocycles. The Bertz CT molecular complexity index is 2480. The number of hydrogen-bond donors (Lipinski definition) is 5. The van der Waals surface area contributed by atoms with Crippen molar-refractivity contribution < 1.29 is 37.1 Å². The van der Waals surface area contributed by atoms with Crippen LogP contribution in [0.1, 0.15) is 24.4 Å². The first-order valence-electron chi connectivity index (χ1n) is 15.3. The molecule has 2 saturated heterocycles. The zero-order valence-electron chi connectivity index (χ0n) is 26.2. The number of aromatic hydroxyl groups is 1. The van der Waals surface area contributed by atoms with Crippen molar-refractivity contribution in [3.05, 3.63) is 88.6 Å². The molecule has 256 valence electrons. The summed E-state index contributed by atoms with van der Waals surface area (Å²) in [6, 6.07) is 16.9. The Morgan fingerprint density at radius 1 is 0.960 bits per heavy atom. The molecule has 17 heteroatoms. The first-order valence-corrected chi connectivity index (χ1v) is 16.7. The maximum absolute atomic E-state index is 15.4. The van der Waals surface area contributed by atoms with Gasteiger partial charge in [0.1, 0.15) is 24.0 Å². The third kappa shape index (κ3) is 5.76. The van der Waals surface area contributed by atoms with E-state index in [0.29, 0.717) is 38.0 Å². The van der Waals surface area contributed by atoms with Crippen LogP contribution in [-0.2, 0) is 42.9 Å². The number of phenolic OH excluding ortho intramolecular Hbond substituents is 1. The van der Waals surface area contributed by atoms with Gasteiger partial charge in [-0.15, -0.1) is 0 Å². The van der Waals surface area contributed by atoms with Crippen LogP contribution < -0.4 is 30.7 Å². The Morgan fingerprint density at radius 2 is 1.72 bits per heavy atom. The summed E-state index contributed by atoms with van der Waals surface area (Å²) in [6.45, 7) is -0.680. The van der Waals surface area contributed by atoms with E-state index in [4.69, 9.17) is 0 Å². The van der Waals surface area contributed by atoms with E-state index in [2.05, 4.69) is 16.0 Å². The molecule has 5 N–H and O–H groups in total. The monoisotopic (exact) mass is 701 g/mol. The minimum absolute atomic E-state index is 0.0255. The van der Waals surface area contributed by atoms with Crippen molar-refractivity contribution >= 4 is 78.4 Å². The topological polar surface area (TPSA) is 201 Å². The number of rotatable bonds is 7. The van der Waals surface area contributed by atoms with Crippen molar-refractivity contribution in [1.29, 1.82) is 0 Å². The molecule has 1 unspecified atom stereocenters. The minimum atomic E-state index is -4.36. The van der Waals surface area contributed by atoms with Gasteiger partial charge in [0.2, 0.25) is 17.7 Å². The minimum Gasteiger partial charge on any atom is -0.506 e. The Balaban J connectivity index is 1.06. The molecule has 0 radical (unpaired) electrons. The predicted octanol–water partition coefficient (Wildman–Crippen LogP) is 2.42. The highest BCUT2D eigenvalue weighted by Gasteiger charge is 2.38. The number of carbonyl (C=O) groups is 4. The van der Waals surface area contributed by atoms with Gasteiger partial charge in [-0.1, -0.05) is 12.1 Å². The molecule has 0 bridgehead atoms. The van der Waals surface area contributed by atoms with Crippen LogP contribution in [-0.4, -0.2) is 52.8 Å². The molecule has 5 aromatic rings. The lowest BCUT2D eigenvalue weighted by molar-refractivity contribution is -0.135. The first kappa shape index (κ1) is 32.3. The number of aryl methyl sites for hydroxylation is 1. The van der Waals surface area contributed by atoms with Crippen molar-refractivity contribution in [3.8, 4) is 5.75 Å². The fourth-order valence-electron chi connectivity index (χ4n) is 6.29. The molecule has 0 spiro atoms. The van der Waals surface area contributed by atoms with Gasteiger partial charge >= 0.3 is 15.9 Å². The molecule has 4 amide bonds. The van der Waals surface area contributed by atoms with Crippen molar-refractivity contribution in [3.63, 3.8) is 0 Å². The molecule has 1 atom stereocenters. The van der Waals surface area contributed by atoms with E-state index in [9.17, 15) is 37.5 Å². The average molecular weight is 702 g/mol. The summed E-state index contributed by atoms with van der Waals surface area (Å²) in [7, 11) is -2.76. The van der Waals surface area contributed by atoms with Gasteiger partial charge in [-0.2, -0.15) is 8.42 Å². The van der Waals surface area contributed by atoms with Crippen molar-refractivity contribution in [2.75, 3.05) is 21.5 Å². The van der Waals surface area contributed by atoms with Crippen LogP contribution in [0.3, 0.4) is 0 Å². The summed E-state index contributed by atoms with van der Waals surface area (Å²) in [4.78, 5) is 61.8. The van der Waals surface area contributed by atoms with E-state index in [0.717, 1.165) is 6.07 Å². The van der Waals surface area contributed by atoms with Gasteiger partial charge in [0.15, 0.2) is 5.82 Å². The molecule has 4 aromatic carbocycles. The Hall–Kier alpha value is -6.23. The predicted molar refractivity (Wildman–Crippen MR) is 181 cm³/mol. The summed E-state index contributed by atoms with van der Waals surface area (Å²) < 4.78 is 44.9. The molecule has 50 heavy (non-hydrogen) atoms. The SMILES string of the molecule is Cn1c(=O)n(C2CCC(=O)NC2=O)c2ccc(Nc3cccc(CC(=O)Nc4ccc5c(F)c(N6CC(=O)NS6(=O)=O)c(O)cc5c4)c3)cc21. The number of phenols is 1. The molecule has 0 aliphatic carbocycles. The molecule has 7 rings (SSSR count). The van der Waals surface area contributed by atoms with Crippen LogP contribution in [0.15, 0.2) is 71.5 Å². The van der Waals surface area contributed by atoms with Crippen molar-refractivity contribution in [2.45, 2.75) is 25.3 Å². The number of anilines is 4. The molecular formula is C33H28FN7O8S. The summed E-state index contributed by atoms with van der Waals surface area (Å²) in [5.41, 5.74) is 2.35. The maximum Gasteiger partial charge on any atom is 0.329 e. The van der Waals surface area contributed by atoms with Crippen LogP contribution in [0.2, 0.25) is 0 Å². The smallest absolute Gasteiger partial charge is 0.329 e. The number of benzene rings is 4. The third-order valence-electron chi connectivity index (χ3n) is 8.58. The summed E-state index contributed by atoms with van der Waals surface area (Å²) in [5.74, 6) is -3.88. The number of aromatic nitrogens is 2. The van der Waals surface area contributed by atoms with Crippen LogP contribution >= 0.6 is 0 Å². The Morgan fingerprint density at radius 3 is 2.46 bits per heavy atom. The first-order chi connectivity index (χ1) is 23.8. The molecule has 2 aliphatic heterocycles. The van der Waals surface area contributed by atoms with Gasteiger partial charge in [-0.3, -0.25) is 33.6 Å². The number of amides is 4. The summed E-state index contributed by atoms with van der Waals surface area (Å²) in [5, 5.41) is 19.0. The van der Waals surface area contributed by atoms with Crippen LogP contribution in [0, 0.1) is 5.82 Å². The average Bonchev–Trinajstić information content (AvgIpc) is 3.46. The lowest BCUT2D eigenvalue weighted by Crippen LogP contribution is -2.44. The standard InChI is InChI=1S/C33H28FN7O8S/c1-39-25-15-21(6-8-23(25)41(33(39)47)24-9-10-27(43)37-32(24)46)35-19-4-2-3-17(11-19)12-28(44)36-20-5-7-22-18(13-20)14-26(42)31(30(22)34)40-16-29(45)38-50(40,48)49/h2-8,11,13-15,24,35,42H,9-10,12,16H2,1H3,(H,36,44)(H,38,45)(H,37,43,46). The van der Waals surface area contributed by atoms with E-state index in [-0.39, 0.29) is 47.5 Å². The van der Waals surface area contributed by atoms with Gasteiger partial charge in [-0.25, -0.2) is 18.2 Å². The number of nitrogens with one attached hydrogen (secondary N) is 4. The highest BCUT2D eigenvalue weighted by atomic mass is 32.2. The van der Waals surface area contributed by atoms with Gasteiger partial charge < -0.3 is 15.7 Å². The number of carbonyl (C=O) groups excluding carboxylic acids is 4. The second-order valence-electron chi connectivity index (χ2n) is 12.0. The quantitative estimate of drug-likeness (QED) is 0.158. The number of imidazole rings is 1. The van der Waals surface area contributed by atoms with E-state index < -0.39 is 51.9 Å². The fraction of sp³-hybridized carbons (Fsp3) is 0.182. The second-order valence-corrected chi connectivity index (χ2v) is 13.6. The highest BCUT2D eigenvalue weighted by molar-refractivity contribution is 7.92. The van der Waals surface area contributed by atoms with Gasteiger partial charge in [-0.05, 0) is 72.0 Å². The molecule has 1 aromatic heterocycles. The largest absolute Gasteiger partial charge is 0.506 e. The normalized spacial score (nSPS) is 17.2. The molecule has 2 fully saturated rings. The zero-order chi connectivity index (χ0) is 35.5. The third-order valence-corrected chi connectivity index (χ3v) is 9.95. The van der Waals surface area contributed by atoms with E-state index in [1.54, 1.807) is 54.2 Å². The number of fused-ring (bicyclic) bond motifs is 2. The van der Waals surface area contributed by atoms with Gasteiger partial charge in [0.25, 0.3) is 5.91 Å². The number of halogens is 1. The van der Waals surface area contributed by atoms with E-state index >= 15 is 4.39 Å². The summed E-state index contributed by atoms with van der Waals surface area (Å²) >= 11 is 0. The van der Waals surface area contributed by atoms with E-state index in [1.807, 2.05) is 0 Å². The van der Waals surface area contributed by atoms with Crippen LogP contribution in [0.25, 0.3) is 21.8 Å². The van der Waals surface area contributed by atoms with Crippen molar-refractivity contribution in [1.82, 2.24) is 19.2 Å². The highest BCUT2D eigenvalue weighted by Crippen LogP contribution is 2.39. The molecule has 2 aliphatic rings. The zero-order valence-corrected chi connectivity index (χ0v) is 27.0. The maximum atomic E-state index is 15.4. The summed E-state index contributed by atoms with van der Waals surface area (Å²) in [6.07, 6.45) is 0.337. The van der Waals surface area contributed by atoms with Crippen LogP contribution in [0.5, 0.6) is 5.75 Å². The lowest BCUT2D eigenvalue weighted by atomic mass is 10.1. The Labute approximate surface area is 282 Å². The van der Waals surface area contributed by atoms with E-state index in [1.165, 1.54) is 27.3 Å². The van der Waals surface area contributed by atoms with Gasteiger partial charge in [0.05, 0.1) is 17.5 Å². The number of piperidine rings is 1.